The van der Waals surface area contributed by atoms with Gasteiger partial charge in [-0.05, 0) is 13.1 Å². The summed E-state index contributed by atoms with van der Waals surface area (Å²) in [6.45, 7) is 5.75. The third kappa shape index (κ3) is 5.82. The van der Waals surface area contributed by atoms with Gasteiger partial charge in [-0.15, -0.1) is 12.4 Å². The number of piperazine rings is 1. The highest BCUT2D eigenvalue weighted by Gasteiger charge is 2.18. The van der Waals surface area contributed by atoms with Crippen molar-refractivity contribution in [1.29, 1.82) is 0 Å². The molecule has 0 atom stereocenters. The zero-order valence-corrected chi connectivity index (χ0v) is 13.1. The van der Waals surface area contributed by atoms with Crippen molar-refractivity contribution < 1.29 is 4.79 Å². The molecule has 1 aromatic heterocycles. The molecule has 2 N–H and O–H groups in total. The van der Waals surface area contributed by atoms with E-state index in [9.17, 15) is 4.79 Å². The monoisotopic (exact) mass is 314 g/mol. The highest BCUT2D eigenvalue weighted by atomic mass is 35.5. The summed E-state index contributed by atoms with van der Waals surface area (Å²) in [5, 5.41) is 5.73. The van der Waals surface area contributed by atoms with Crippen LogP contribution in [-0.2, 0) is 4.79 Å². The Morgan fingerprint density at radius 1 is 1.24 bits per heavy atom. The number of likely N-dealkylation sites (N-methyl/N-ethyl adjacent to an activating group) is 1. The maximum atomic E-state index is 11.3. The van der Waals surface area contributed by atoms with E-state index in [0.29, 0.717) is 13.1 Å². The molecule has 1 aliphatic rings. The number of anilines is 1. The molecule has 0 bridgehead atoms. The first-order valence-electron chi connectivity index (χ1n) is 6.95. The third-order valence-corrected chi connectivity index (χ3v) is 3.29. The average Bonchev–Trinajstić information content (AvgIpc) is 2.49. The summed E-state index contributed by atoms with van der Waals surface area (Å²) < 4.78 is 0. The largest absolute Gasteiger partial charge is 0.354 e. The van der Waals surface area contributed by atoms with E-state index in [1.807, 2.05) is 6.07 Å². The van der Waals surface area contributed by atoms with E-state index < -0.39 is 0 Å². The Kier molecular flexibility index (Phi) is 7.96. The van der Waals surface area contributed by atoms with Crippen LogP contribution >= 0.6 is 12.4 Å². The number of amides is 1. The van der Waals surface area contributed by atoms with Crippen LogP contribution in [0.4, 0.5) is 5.95 Å². The number of nitrogens with one attached hydrogen (secondary N) is 2. The van der Waals surface area contributed by atoms with Crippen molar-refractivity contribution in [2.45, 2.75) is 0 Å². The van der Waals surface area contributed by atoms with Crippen molar-refractivity contribution in [3.8, 4) is 0 Å². The van der Waals surface area contributed by atoms with Crippen LogP contribution in [0.15, 0.2) is 18.5 Å². The second kappa shape index (κ2) is 9.49. The molecule has 0 radical (unpaired) electrons. The predicted molar refractivity (Wildman–Crippen MR) is 84.9 cm³/mol. The standard InChI is InChI=1S/C13H22N6O.ClH/c1-14-11-12(20)15-5-6-18-7-9-19(10-8-18)13-16-3-2-4-17-13;/h2-4,14H,5-11H2,1H3,(H,15,20);1H. The Bertz CT molecular complexity index is 410. The van der Waals surface area contributed by atoms with Crippen LogP contribution in [0, 0.1) is 0 Å². The molecule has 1 saturated heterocycles. The van der Waals surface area contributed by atoms with Gasteiger partial charge in [-0.25, -0.2) is 9.97 Å². The van der Waals surface area contributed by atoms with Crippen molar-refractivity contribution in [3.63, 3.8) is 0 Å². The number of rotatable bonds is 6. The van der Waals surface area contributed by atoms with Crippen LogP contribution in [0.5, 0.6) is 0 Å². The van der Waals surface area contributed by atoms with Gasteiger partial charge in [-0.3, -0.25) is 9.69 Å². The first-order chi connectivity index (χ1) is 9.79. The molecule has 1 fully saturated rings. The third-order valence-electron chi connectivity index (χ3n) is 3.29. The maximum absolute atomic E-state index is 11.3. The van der Waals surface area contributed by atoms with E-state index >= 15 is 0 Å². The van der Waals surface area contributed by atoms with Gasteiger partial charge in [0.15, 0.2) is 0 Å². The lowest BCUT2D eigenvalue weighted by Gasteiger charge is -2.34. The van der Waals surface area contributed by atoms with Gasteiger partial charge < -0.3 is 15.5 Å². The smallest absolute Gasteiger partial charge is 0.233 e. The molecule has 0 aliphatic carbocycles. The van der Waals surface area contributed by atoms with Gasteiger partial charge >= 0.3 is 0 Å². The molecule has 0 saturated carbocycles. The SMILES string of the molecule is CNCC(=O)NCCN1CCN(c2ncccn2)CC1.Cl. The average molecular weight is 315 g/mol. The van der Waals surface area contributed by atoms with Crippen LogP contribution in [-0.4, -0.2) is 73.6 Å². The molecule has 8 heteroatoms. The minimum Gasteiger partial charge on any atom is -0.354 e. The van der Waals surface area contributed by atoms with Crippen LogP contribution in [0.2, 0.25) is 0 Å². The fourth-order valence-corrected chi connectivity index (χ4v) is 2.20. The highest BCUT2D eigenvalue weighted by Crippen LogP contribution is 2.08. The zero-order chi connectivity index (χ0) is 14.2. The summed E-state index contributed by atoms with van der Waals surface area (Å²) >= 11 is 0. The Morgan fingerprint density at radius 2 is 1.90 bits per heavy atom. The summed E-state index contributed by atoms with van der Waals surface area (Å²) in [6, 6.07) is 1.83. The number of hydrogen-bond acceptors (Lipinski definition) is 6. The molecule has 2 heterocycles. The number of carbonyl (C=O) groups is 1. The summed E-state index contributed by atoms with van der Waals surface area (Å²) in [4.78, 5) is 24.4. The van der Waals surface area contributed by atoms with Gasteiger partial charge in [0.2, 0.25) is 11.9 Å². The molecule has 1 aromatic rings. The first kappa shape index (κ1) is 17.6. The van der Waals surface area contributed by atoms with E-state index in [1.165, 1.54) is 0 Å². The molecule has 7 nitrogen and oxygen atoms in total. The van der Waals surface area contributed by atoms with Crippen molar-refractivity contribution in [2.75, 3.05) is 57.8 Å². The second-order valence-electron chi connectivity index (χ2n) is 4.76. The minimum atomic E-state index is 0. The fraction of sp³-hybridized carbons (Fsp3) is 0.615. The maximum Gasteiger partial charge on any atom is 0.233 e. The summed E-state index contributed by atoms with van der Waals surface area (Å²) in [7, 11) is 1.77. The van der Waals surface area contributed by atoms with Gasteiger partial charge in [0.1, 0.15) is 0 Å². The summed E-state index contributed by atoms with van der Waals surface area (Å²) in [5.74, 6) is 0.846. The first-order valence-corrected chi connectivity index (χ1v) is 6.95. The molecule has 21 heavy (non-hydrogen) atoms. The lowest BCUT2D eigenvalue weighted by molar-refractivity contribution is -0.120. The lowest BCUT2D eigenvalue weighted by atomic mass is 10.3. The summed E-state index contributed by atoms with van der Waals surface area (Å²) in [5.41, 5.74) is 0. The molecule has 1 aliphatic heterocycles. The van der Waals surface area contributed by atoms with Gasteiger partial charge in [0.25, 0.3) is 0 Å². The molecular formula is C13H23ClN6O. The topological polar surface area (TPSA) is 73.4 Å². The van der Waals surface area contributed by atoms with E-state index in [-0.39, 0.29) is 18.3 Å². The lowest BCUT2D eigenvalue weighted by Crippen LogP contribution is -2.49. The molecule has 2 rings (SSSR count). The molecule has 1 amide bonds. The Balaban J connectivity index is 0.00000220. The second-order valence-corrected chi connectivity index (χ2v) is 4.76. The number of halogens is 1. The predicted octanol–water partition coefficient (Wildman–Crippen LogP) is -0.644. The van der Waals surface area contributed by atoms with Gasteiger partial charge in [-0.2, -0.15) is 0 Å². The number of aromatic nitrogens is 2. The molecule has 118 valence electrons. The van der Waals surface area contributed by atoms with Crippen LogP contribution in [0.25, 0.3) is 0 Å². The van der Waals surface area contributed by atoms with Crippen molar-refractivity contribution in [1.82, 2.24) is 25.5 Å². The Labute approximate surface area is 131 Å². The number of carbonyl (C=O) groups excluding carboxylic acids is 1. The van der Waals surface area contributed by atoms with Crippen LogP contribution < -0.4 is 15.5 Å². The molecule has 0 aromatic carbocycles. The van der Waals surface area contributed by atoms with E-state index in [2.05, 4.69) is 30.4 Å². The Hall–Kier alpha value is -1.44. The van der Waals surface area contributed by atoms with Crippen molar-refractivity contribution in [2.24, 2.45) is 0 Å². The van der Waals surface area contributed by atoms with E-state index in [1.54, 1.807) is 19.4 Å². The normalized spacial score (nSPS) is 15.4. The zero-order valence-electron chi connectivity index (χ0n) is 12.3. The quantitative estimate of drug-likeness (QED) is 0.727. The van der Waals surface area contributed by atoms with Crippen LogP contribution in [0.3, 0.4) is 0 Å². The van der Waals surface area contributed by atoms with Crippen molar-refractivity contribution >= 4 is 24.3 Å². The molecule has 0 unspecified atom stereocenters. The van der Waals surface area contributed by atoms with Crippen LogP contribution in [0.1, 0.15) is 0 Å². The molecular weight excluding hydrogens is 292 g/mol. The molecule has 0 spiro atoms. The summed E-state index contributed by atoms with van der Waals surface area (Å²) in [6.07, 6.45) is 3.54. The van der Waals surface area contributed by atoms with Crippen molar-refractivity contribution in [3.05, 3.63) is 18.5 Å². The minimum absolute atomic E-state index is 0. The van der Waals surface area contributed by atoms with Gasteiger partial charge in [0, 0.05) is 51.7 Å². The van der Waals surface area contributed by atoms with E-state index in [4.69, 9.17) is 0 Å². The Morgan fingerprint density at radius 3 is 2.52 bits per heavy atom. The fourth-order valence-electron chi connectivity index (χ4n) is 2.20. The highest BCUT2D eigenvalue weighted by molar-refractivity contribution is 5.85. The number of hydrogen-bond donors (Lipinski definition) is 2. The van der Waals surface area contributed by atoms with Gasteiger partial charge in [-0.1, -0.05) is 0 Å². The number of nitrogens with zero attached hydrogens (tertiary/aromatic N) is 4. The van der Waals surface area contributed by atoms with E-state index in [0.717, 1.165) is 38.7 Å². The van der Waals surface area contributed by atoms with Gasteiger partial charge in [0.05, 0.1) is 6.54 Å².